The van der Waals surface area contributed by atoms with E-state index in [1.54, 1.807) is 0 Å². The van der Waals surface area contributed by atoms with Crippen LogP contribution in [0.3, 0.4) is 0 Å². The molecular formula is C16H17NO. The van der Waals surface area contributed by atoms with Crippen molar-refractivity contribution in [3.05, 3.63) is 47.5 Å². The zero-order chi connectivity index (χ0) is 12.1. The van der Waals surface area contributed by atoms with Crippen molar-refractivity contribution in [3.8, 4) is 0 Å². The van der Waals surface area contributed by atoms with Gasteiger partial charge in [0.05, 0.1) is 6.61 Å². The van der Waals surface area contributed by atoms with E-state index in [2.05, 4.69) is 41.7 Å². The van der Waals surface area contributed by atoms with Gasteiger partial charge in [-0.1, -0.05) is 36.4 Å². The second-order valence-corrected chi connectivity index (χ2v) is 5.58. The minimum Gasteiger partial charge on any atom is -0.395 e. The van der Waals surface area contributed by atoms with Crippen molar-refractivity contribution >= 4 is 10.8 Å². The number of hydrogen-bond acceptors (Lipinski definition) is 2. The van der Waals surface area contributed by atoms with E-state index in [1.807, 2.05) is 0 Å². The number of nitrogens with one attached hydrogen (secondary N) is 1. The van der Waals surface area contributed by atoms with Gasteiger partial charge in [0.1, 0.15) is 0 Å². The lowest BCUT2D eigenvalue weighted by Crippen LogP contribution is -2.27. The number of aliphatic hydroxyl groups is 1. The molecule has 0 saturated carbocycles. The molecule has 0 aromatic heterocycles. The first-order chi connectivity index (χ1) is 8.86. The molecule has 2 heteroatoms. The van der Waals surface area contributed by atoms with E-state index in [0.29, 0.717) is 12.0 Å². The Hall–Kier alpha value is -1.38. The fourth-order valence-corrected chi connectivity index (χ4v) is 3.78. The Balaban J connectivity index is 1.88. The van der Waals surface area contributed by atoms with Gasteiger partial charge in [-0.3, -0.25) is 0 Å². The first kappa shape index (κ1) is 10.5. The van der Waals surface area contributed by atoms with Crippen LogP contribution in [0.25, 0.3) is 10.8 Å². The highest BCUT2D eigenvalue weighted by atomic mass is 16.3. The van der Waals surface area contributed by atoms with Crippen molar-refractivity contribution in [3.63, 3.8) is 0 Å². The van der Waals surface area contributed by atoms with Gasteiger partial charge >= 0.3 is 0 Å². The predicted octanol–water partition coefficient (Wildman–Crippen LogP) is 2.41. The number of aliphatic hydroxyl groups excluding tert-OH is 1. The van der Waals surface area contributed by atoms with Crippen LogP contribution in [-0.2, 0) is 6.42 Å². The quantitative estimate of drug-likeness (QED) is 0.801. The molecule has 2 nitrogen and oxygen atoms in total. The summed E-state index contributed by atoms with van der Waals surface area (Å²) in [4.78, 5) is 0. The van der Waals surface area contributed by atoms with Gasteiger partial charge in [0, 0.05) is 12.1 Å². The Kier molecular flexibility index (Phi) is 2.23. The molecule has 1 aliphatic heterocycles. The average molecular weight is 239 g/mol. The molecular weight excluding hydrogens is 222 g/mol. The highest BCUT2D eigenvalue weighted by Crippen LogP contribution is 2.45. The van der Waals surface area contributed by atoms with Crippen molar-refractivity contribution in [2.24, 2.45) is 5.92 Å². The van der Waals surface area contributed by atoms with E-state index in [4.69, 9.17) is 0 Å². The van der Waals surface area contributed by atoms with Crippen molar-refractivity contribution in [1.82, 2.24) is 5.32 Å². The summed E-state index contributed by atoms with van der Waals surface area (Å²) in [6.07, 6.45) is 2.26. The molecule has 2 aromatic carbocycles. The van der Waals surface area contributed by atoms with Crippen molar-refractivity contribution in [2.45, 2.75) is 24.9 Å². The third kappa shape index (κ3) is 1.36. The summed E-state index contributed by atoms with van der Waals surface area (Å²) in [5.74, 6) is 0.669. The van der Waals surface area contributed by atoms with Gasteiger partial charge in [-0.05, 0) is 40.7 Å². The smallest absolute Gasteiger partial charge is 0.0584 e. The molecule has 92 valence electrons. The number of benzene rings is 2. The topological polar surface area (TPSA) is 32.3 Å². The normalized spacial score (nSPS) is 29.5. The fourth-order valence-electron chi connectivity index (χ4n) is 3.78. The molecule has 0 amide bonds. The maximum Gasteiger partial charge on any atom is 0.0584 e. The number of fused-ring (bicyclic) bond motifs is 5. The van der Waals surface area contributed by atoms with Crippen LogP contribution in [0.15, 0.2) is 36.4 Å². The van der Waals surface area contributed by atoms with Gasteiger partial charge in [0.25, 0.3) is 0 Å². The summed E-state index contributed by atoms with van der Waals surface area (Å²) < 4.78 is 0. The lowest BCUT2D eigenvalue weighted by molar-refractivity contribution is 0.250. The Morgan fingerprint density at radius 1 is 1.17 bits per heavy atom. The fraction of sp³-hybridized carbons (Fsp3) is 0.375. The van der Waals surface area contributed by atoms with E-state index in [-0.39, 0.29) is 12.6 Å². The lowest BCUT2D eigenvalue weighted by atomic mass is 9.98. The number of rotatable bonds is 1. The predicted molar refractivity (Wildman–Crippen MR) is 72.5 cm³/mol. The molecule has 1 fully saturated rings. The van der Waals surface area contributed by atoms with Crippen molar-refractivity contribution < 1.29 is 5.11 Å². The molecule has 1 aliphatic carbocycles. The molecule has 4 rings (SSSR count). The second-order valence-electron chi connectivity index (χ2n) is 5.58. The molecule has 0 spiro atoms. The zero-order valence-corrected chi connectivity index (χ0v) is 10.3. The molecule has 1 saturated heterocycles. The molecule has 0 bridgehead atoms. The first-order valence-corrected chi connectivity index (χ1v) is 6.74. The van der Waals surface area contributed by atoms with E-state index in [1.165, 1.54) is 21.9 Å². The highest BCUT2D eigenvalue weighted by Gasteiger charge is 2.40. The van der Waals surface area contributed by atoms with E-state index in [9.17, 15) is 5.11 Å². The Labute approximate surface area is 107 Å². The Morgan fingerprint density at radius 2 is 2.06 bits per heavy atom. The zero-order valence-electron chi connectivity index (χ0n) is 10.3. The molecule has 1 heterocycles. The van der Waals surface area contributed by atoms with Gasteiger partial charge in [0.2, 0.25) is 0 Å². The van der Waals surface area contributed by atoms with Gasteiger partial charge in [-0.25, -0.2) is 0 Å². The minimum absolute atomic E-state index is 0.257. The Morgan fingerprint density at radius 3 is 2.94 bits per heavy atom. The van der Waals surface area contributed by atoms with Gasteiger partial charge in [0.15, 0.2) is 0 Å². The van der Waals surface area contributed by atoms with E-state index < -0.39 is 0 Å². The van der Waals surface area contributed by atoms with Gasteiger partial charge in [-0.2, -0.15) is 0 Å². The molecule has 2 aliphatic rings. The van der Waals surface area contributed by atoms with Crippen LogP contribution in [0.5, 0.6) is 0 Å². The summed E-state index contributed by atoms with van der Waals surface area (Å²) in [6, 6.07) is 13.9. The monoisotopic (exact) mass is 239 g/mol. The molecule has 2 N–H and O–H groups in total. The molecule has 2 aromatic rings. The van der Waals surface area contributed by atoms with Crippen LogP contribution >= 0.6 is 0 Å². The van der Waals surface area contributed by atoms with Crippen LogP contribution in [0, 0.1) is 5.92 Å². The van der Waals surface area contributed by atoms with E-state index >= 15 is 0 Å². The molecule has 3 atom stereocenters. The summed E-state index contributed by atoms with van der Waals surface area (Å²) in [5.41, 5.74) is 2.97. The highest BCUT2D eigenvalue weighted by molar-refractivity contribution is 5.88. The van der Waals surface area contributed by atoms with Crippen LogP contribution < -0.4 is 5.32 Å². The maximum atomic E-state index is 9.32. The average Bonchev–Trinajstić information content (AvgIpc) is 2.94. The van der Waals surface area contributed by atoms with Crippen LogP contribution in [0.2, 0.25) is 0 Å². The third-order valence-corrected chi connectivity index (χ3v) is 4.55. The van der Waals surface area contributed by atoms with Crippen LogP contribution in [-0.4, -0.2) is 17.8 Å². The van der Waals surface area contributed by atoms with E-state index in [0.717, 1.165) is 12.8 Å². The Bertz CT molecular complexity index is 607. The lowest BCUT2D eigenvalue weighted by Gasteiger charge is -2.15. The molecule has 0 unspecified atom stereocenters. The standard InChI is InChI=1S/C16H17NO/c18-9-13-8-12-7-11-6-5-10-3-1-2-4-14(10)15(11)16(12)17-13/h1-6,12-13,16-18H,7-9H2/t12-,13+,16+/m1/s1. The summed E-state index contributed by atoms with van der Waals surface area (Å²) in [7, 11) is 0. The minimum atomic E-state index is 0.257. The van der Waals surface area contributed by atoms with Crippen molar-refractivity contribution in [2.75, 3.05) is 6.61 Å². The second kappa shape index (κ2) is 3.81. The third-order valence-electron chi connectivity index (χ3n) is 4.55. The van der Waals surface area contributed by atoms with Crippen molar-refractivity contribution in [1.29, 1.82) is 0 Å². The van der Waals surface area contributed by atoms with Gasteiger partial charge in [-0.15, -0.1) is 0 Å². The largest absolute Gasteiger partial charge is 0.395 e. The SMILES string of the molecule is OC[C@@H]1C[C@H]2Cc3ccc4ccccc4c3[C@H]2N1. The summed E-state index contributed by atoms with van der Waals surface area (Å²) >= 11 is 0. The summed E-state index contributed by atoms with van der Waals surface area (Å²) in [6.45, 7) is 0.257. The number of hydrogen-bond donors (Lipinski definition) is 2. The summed E-state index contributed by atoms with van der Waals surface area (Å²) in [5, 5.41) is 15.6. The maximum absolute atomic E-state index is 9.32. The van der Waals surface area contributed by atoms with Gasteiger partial charge < -0.3 is 10.4 Å². The molecule has 18 heavy (non-hydrogen) atoms. The van der Waals surface area contributed by atoms with Crippen LogP contribution in [0.1, 0.15) is 23.6 Å². The molecule has 0 radical (unpaired) electrons. The first-order valence-electron chi connectivity index (χ1n) is 6.74. The van der Waals surface area contributed by atoms with Crippen LogP contribution in [0.4, 0.5) is 0 Å².